The number of benzene rings is 1. The molecule has 1 aromatic rings. The Morgan fingerprint density at radius 3 is 2.32 bits per heavy atom. The van der Waals surface area contributed by atoms with Gasteiger partial charge < -0.3 is 4.74 Å². The normalized spacial score (nSPS) is 34.7. The van der Waals surface area contributed by atoms with Crippen LogP contribution in [-0.2, 0) is 0 Å². The van der Waals surface area contributed by atoms with E-state index in [1.807, 2.05) is 0 Å². The SMILES string of the molecule is CCCC1CC2C(F)CC(c3ccc(OCC)c(F)c3F)CC(F)C2C1(F)F. The van der Waals surface area contributed by atoms with Crippen LogP contribution in [0.25, 0.3) is 0 Å². The van der Waals surface area contributed by atoms with Gasteiger partial charge in [-0.1, -0.05) is 19.4 Å². The van der Waals surface area contributed by atoms with E-state index < -0.39 is 60.0 Å². The van der Waals surface area contributed by atoms with E-state index in [1.54, 1.807) is 13.8 Å². The lowest BCUT2D eigenvalue weighted by atomic mass is 9.86. The van der Waals surface area contributed by atoms with Gasteiger partial charge in [0.1, 0.15) is 12.3 Å². The highest BCUT2D eigenvalue weighted by molar-refractivity contribution is 5.33. The third-order valence-corrected chi connectivity index (χ3v) is 6.33. The number of hydrogen-bond donors (Lipinski definition) is 0. The molecule has 0 amide bonds. The number of halogens is 6. The molecule has 28 heavy (non-hydrogen) atoms. The molecule has 0 aliphatic heterocycles. The second kappa shape index (κ2) is 8.15. The van der Waals surface area contributed by atoms with Crippen LogP contribution in [0.5, 0.6) is 5.75 Å². The molecule has 2 fully saturated rings. The fraction of sp³-hybridized carbons (Fsp3) is 0.714. The summed E-state index contributed by atoms with van der Waals surface area (Å²) in [5, 5.41) is 0. The second-order valence-electron chi connectivity index (χ2n) is 8.00. The number of rotatable bonds is 5. The summed E-state index contributed by atoms with van der Waals surface area (Å²) in [7, 11) is 0. The predicted octanol–water partition coefficient (Wildman–Crippen LogP) is 6.60. The van der Waals surface area contributed by atoms with Crippen molar-refractivity contribution in [2.24, 2.45) is 17.8 Å². The highest BCUT2D eigenvalue weighted by Gasteiger charge is 2.62. The number of hydrogen-bond acceptors (Lipinski definition) is 1. The first-order chi connectivity index (χ1) is 13.2. The van der Waals surface area contributed by atoms with Gasteiger partial charge in [0.15, 0.2) is 11.6 Å². The summed E-state index contributed by atoms with van der Waals surface area (Å²) in [6.07, 6.45) is -3.71. The summed E-state index contributed by atoms with van der Waals surface area (Å²) in [6, 6.07) is 2.46. The van der Waals surface area contributed by atoms with Gasteiger partial charge in [-0.05, 0) is 50.2 Å². The minimum absolute atomic E-state index is 0.0695. The van der Waals surface area contributed by atoms with Gasteiger partial charge in [0.2, 0.25) is 5.82 Å². The standard InChI is InChI=1S/C21H26F6O/c1-3-5-12-10-14-15(22)8-11(9-16(23)18(14)21(12,26)27)13-6-7-17(28-4-2)20(25)19(13)24/h6-7,11-12,14-16,18H,3-5,8-10H2,1-2H3. The van der Waals surface area contributed by atoms with Crippen LogP contribution in [0, 0.1) is 29.4 Å². The van der Waals surface area contributed by atoms with E-state index in [-0.39, 0.29) is 37.2 Å². The number of alkyl halides is 4. The van der Waals surface area contributed by atoms with E-state index >= 15 is 0 Å². The maximum absolute atomic E-state index is 15.0. The average molecular weight is 408 g/mol. The lowest BCUT2D eigenvalue weighted by Gasteiger charge is -2.28. The molecule has 6 unspecified atom stereocenters. The van der Waals surface area contributed by atoms with E-state index in [9.17, 15) is 26.3 Å². The van der Waals surface area contributed by atoms with Crippen molar-refractivity contribution >= 4 is 0 Å². The lowest BCUT2D eigenvalue weighted by Crippen LogP contribution is -2.38. The minimum Gasteiger partial charge on any atom is -0.491 e. The Labute approximate surface area is 161 Å². The molecule has 3 rings (SSSR count). The Kier molecular flexibility index (Phi) is 6.20. The Morgan fingerprint density at radius 1 is 1.00 bits per heavy atom. The summed E-state index contributed by atoms with van der Waals surface area (Å²) >= 11 is 0. The third-order valence-electron chi connectivity index (χ3n) is 6.33. The van der Waals surface area contributed by atoms with Crippen molar-refractivity contribution in [1.82, 2.24) is 0 Å². The van der Waals surface area contributed by atoms with Crippen LogP contribution >= 0.6 is 0 Å². The van der Waals surface area contributed by atoms with Gasteiger partial charge in [-0.2, -0.15) is 4.39 Å². The molecule has 0 heterocycles. The van der Waals surface area contributed by atoms with Gasteiger partial charge in [-0.3, -0.25) is 0 Å². The van der Waals surface area contributed by atoms with Crippen LogP contribution in [0.4, 0.5) is 26.3 Å². The van der Waals surface area contributed by atoms with Crippen molar-refractivity contribution in [3.8, 4) is 5.75 Å². The van der Waals surface area contributed by atoms with E-state index in [0.717, 1.165) is 0 Å². The minimum atomic E-state index is -3.29. The fourth-order valence-corrected chi connectivity index (χ4v) is 5.07. The van der Waals surface area contributed by atoms with Crippen molar-refractivity contribution < 1.29 is 31.1 Å². The van der Waals surface area contributed by atoms with Crippen molar-refractivity contribution in [2.75, 3.05) is 6.61 Å². The molecule has 1 aromatic carbocycles. The zero-order valence-corrected chi connectivity index (χ0v) is 16.0. The smallest absolute Gasteiger partial charge is 0.256 e. The first kappa shape index (κ1) is 21.3. The molecule has 6 atom stereocenters. The van der Waals surface area contributed by atoms with Crippen LogP contribution < -0.4 is 4.74 Å². The highest BCUT2D eigenvalue weighted by Crippen LogP contribution is 2.57. The van der Waals surface area contributed by atoms with E-state index in [1.165, 1.54) is 12.1 Å². The van der Waals surface area contributed by atoms with Crippen LogP contribution in [-0.4, -0.2) is 24.9 Å². The maximum atomic E-state index is 15.0. The third kappa shape index (κ3) is 3.61. The van der Waals surface area contributed by atoms with Gasteiger partial charge in [0, 0.05) is 11.8 Å². The lowest BCUT2D eigenvalue weighted by molar-refractivity contribution is -0.109. The first-order valence-electron chi connectivity index (χ1n) is 9.98. The van der Waals surface area contributed by atoms with Gasteiger partial charge in [-0.25, -0.2) is 22.0 Å². The molecule has 0 N–H and O–H groups in total. The average Bonchev–Trinajstić information content (AvgIpc) is 2.82. The molecule has 0 saturated heterocycles. The topological polar surface area (TPSA) is 9.23 Å². The van der Waals surface area contributed by atoms with Crippen LogP contribution in [0.3, 0.4) is 0 Å². The zero-order chi connectivity index (χ0) is 20.6. The molecule has 0 spiro atoms. The van der Waals surface area contributed by atoms with Gasteiger partial charge >= 0.3 is 0 Å². The van der Waals surface area contributed by atoms with E-state index in [0.29, 0.717) is 6.42 Å². The van der Waals surface area contributed by atoms with Crippen molar-refractivity contribution in [1.29, 1.82) is 0 Å². The number of fused-ring (bicyclic) bond motifs is 1. The molecule has 7 heteroatoms. The fourth-order valence-electron chi connectivity index (χ4n) is 5.07. The Balaban J connectivity index is 1.89. The Bertz CT molecular complexity index is 694. The van der Waals surface area contributed by atoms with Crippen molar-refractivity contribution in [2.45, 2.75) is 70.1 Å². The van der Waals surface area contributed by atoms with E-state index in [2.05, 4.69) is 0 Å². The summed E-state index contributed by atoms with van der Waals surface area (Å²) in [5.41, 5.74) is -0.181. The summed E-state index contributed by atoms with van der Waals surface area (Å²) < 4.78 is 93.2. The van der Waals surface area contributed by atoms with Gasteiger partial charge in [0.05, 0.1) is 12.5 Å². The quantitative estimate of drug-likeness (QED) is 0.499. The largest absolute Gasteiger partial charge is 0.491 e. The summed E-state index contributed by atoms with van der Waals surface area (Å²) in [5.74, 6) is -10.8. The maximum Gasteiger partial charge on any atom is 0.256 e. The van der Waals surface area contributed by atoms with Gasteiger partial charge in [-0.15, -0.1) is 0 Å². The Hall–Kier alpha value is -1.40. The second-order valence-corrected chi connectivity index (χ2v) is 8.00. The summed E-state index contributed by atoms with van der Waals surface area (Å²) in [6.45, 7) is 3.52. The molecule has 2 saturated carbocycles. The monoisotopic (exact) mass is 408 g/mol. The number of ether oxygens (including phenoxy) is 1. The Morgan fingerprint density at radius 2 is 1.68 bits per heavy atom. The molecule has 0 bridgehead atoms. The highest BCUT2D eigenvalue weighted by atomic mass is 19.3. The van der Waals surface area contributed by atoms with Crippen LogP contribution in [0.1, 0.15) is 57.4 Å². The first-order valence-corrected chi connectivity index (χ1v) is 9.98. The van der Waals surface area contributed by atoms with Crippen LogP contribution in [0.15, 0.2) is 12.1 Å². The zero-order valence-electron chi connectivity index (χ0n) is 16.0. The van der Waals surface area contributed by atoms with E-state index in [4.69, 9.17) is 4.74 Å². The van der Waals surface area contributed by atoms with Gasteiger partial charge in [0.25, 0.3) is 5.92 Å². The molecule has 158 valence electrons. The molecule has 1 nitrogen and oxygen atoms in total. The predicted molar refractivity (Wildman–Crippen MR) is 94.2 cm³/mol. The molecular weight excluding hydrogens is 382 g/mol. The van der Waals surface area contributed by atoms with Crippen molar-refractivity contribution in [3.63, 3.8) is 0 Å². The molecule has 2 aliphatic rings. The van der Waals surface area contributed by atoms with Crippen molar-refractivity contribution in [3.05, 3.63) is 29.3 Å². The molecule has 0 aromatic heterocycles. The van der Waals surface area contributed by atoms with Crippen LogP contribution in [0.2, 0.25) is 0 Å². The molecule has 2 aliphatic carbocycles. The summed E-state index contributed by atoms with van der Waals surface area (Å²) in [4.78, 5) is 0. The molecular formula is C21H26F6O. The molecule has 0 radical (unpaired) electrons.